The molecule has 0 unspecified atom stereocenters. The number of ether oxygens (including phenoxy) is 1. The minimum Gasteiger partial charge on any atom is -0.507 e. The summed E-state index contributed by atoms with van der Waals surface area (Å²) in [5.41, 5.74) is 2.67. The smallest absolute Gasteiger partial charge is 0.277 e. The molecule has 0 fully saturated rings. The van der Waals surface area contributed by atoms with Gasteiger partial charge < -0.3 is 9.84 Å². The average molecular weight is 339 g/mol. The lowest BCUT2D eigenvalue weighted by atomic mass is 10.2. The molecule has 2 aromatic carbocycles. The maximum Gasteiger partial charge on any atom is 0.277 e. The molecule has 2 aromatic rings. The average Bonchev–Trinajstić information content (AvgIpc) is 2.49. The fourth-order valence-electron chi connectivity index (χ4n) is 1.54. The van der Waals surface area contributed by atoms with Gasteiger partial charge in [-0.25, -0.2) is 5.43 Å². The summed E-state index contributed by atoms with van der Waals surface area (Å²) < 4.78 is 5.25. The molecule has 0 saturated heterocycles. The largest absolute Gasteiger partial charge is 0.507 e. The number of carbonyl (C=O) groups excluding carboxylic acids is 1. The molecule has 0 aliphatic carbocycles. The molecular formula is C15H12Cl2N2O3. The second kappa shape index (κ2) is 7.68. The van der Waals surface area contributed by atoms with Crippen molar-refractivity contribution < 1.29 is 14.6 Å². The number of hydrogen-bond acceptors (Lipinski definition) is 4. The summed E-state index contributed by atoms with van der Waals surface area (Å²) in [5, 5.41) is 14.3. The van der Waals surface area contributed by atoms with Gasteiger partial charge in [0.25, 0.3) is 5.91 Å². The van der Waals surface area contributed by atoms with Crippen LogP contribution in [0.25, 0.3) is 0 Å². The summed E-state index contributed by atoms with van der Waals surface area (Å²) in [6.45, 7) is -0.209. The molecule has 0 radical (unpaired) electrons. The summed E-state index contributed by atoms with van der Waals surface area (Å²) in [6.07, 6.45) is 1.29. The number of nitrogens with one attached hydrogen (secondary N) is 1. The Morgan fingerprint density at radius 2 is 2.00 bits per heavy atom. The van der Waals surface area contributed by atoms with E-state index in [1.807, 2.05) is 0 Å². The highest BCUT2D eigenvalue weighted by atomic mass is 35.5. The third-order valence-corrected chi connectivity index (χ3v) is 3.02. The number of halogens is 2. The van der Waals surface area contributed by atoms with Crippen LogP contribution in [0.1, 0.15) is 5.56 Å². The molecule has 5 nitrogen and oxygen atoms in total. The van der Waals surface area contributed by atoms with Crippen LogP contribution >= 0.6 is 23.2 Å². The van der Waals surface area contributed by atoms with Gasteiger partial charge in [-0.1, -0.05) is 29.3 Å². The molecule has 0 aromatic heterocycles. The predicted octanol–water partition coefficient (Wildman–Crippen LogP) is 3.23. The summed E-state index contributed by atoms with van der Waals surface area (Å²) in [5.74, 6) is 0.0504. The lowest BCUT2D eigenvalue weighted by Crippen LogP contribution is -2.24. The SMILES string of the molecule is O=C(COc1cccc(Cl)c1)NN=Cc1cc(Cl)ccc1O. The summed E-state index contributed by atoms with van der Waals surface area (Å²) in [7, 11) is 0. The van der Waals surface area contributed by atoms with Crippen molar-refractivity contribution in [2.24, 2.45) is 5.10 Å². The van der Waals surface area contributed by atoms with Crippen molar-refractivity contribution in [1.82, 2.24) is 5.43 Å². The molecule has 22 heavy (non-hydrogen) atoms. The number of carbonyl (C=O) groups is 1. The van der Waals surface area contributed by atoms with Crippen LogP contribution in [0.2, 0.25) is 10.0 Å². The Morgan fingerprint density at radius 3 is 2.77 bits per heavy atom. The standard InChI is InChI=1S/C15H12Cl2N2O3/c16-11-2-1-3-13(7-11)22-9-15(21)19-18-8-10-6-12(17)4-5-14(10)20/h1-8,20H,9H2,(H,19,21). The lowest BCUT2D eigenvalue weighted by molar-refractivity contribution is -0.123. The Kier molecular flexibility index (Phi) is 5.63. The van der Waals surface area contributed by atoms with Gasteiger partial charge in [-0.05, 0) is 36.4 Å². The molecule has 0 saturated carbocycles. The Labute approximate surface area is 137 Å². The molecule has 0 bridgehead atoms. The maximum atomic E-state index is 11.6. The van der Waals surface area contributed by atoms with Crippen molar-refractivity contribution in [3.63, 3.8) is 0 Å². The highest BCUT2D eigenvalue weighted by Gasteiger charge is 2.03. The van der Waals surface area contributed by atoms with E-state index in [2.05, 4.69) is 10.5 Å². The minimum atomic E-state index is -0.447. The van der Waals surface area contributed by atoms with Crippen molar-refractivity contribution in [2.75, 3.05) is 6.61 Å². The number of phenolic OH excluding ortho intramolecular Hbond substituents is 1. The number of aromatic hydroxyl groups is 1. The van der Waals surface area contributed by atoms with E-state index >= 15 is 0 Å². The quantitative estimate of drug-likeness (QED) is 0.649. The molecule has 0 heterocycles. The zero-order valence-electron chi connectivity index (χ0n) is 11.3. The van der Waals surface area contributed by atoms with Gasteiger partial charge in [0.05, 0.1) is 6.21 Å². The van der Waals surface area contributed by atoms with E-state index in [0.717, 1.165) is 0 Å². The molecule has 2 N–H and O–H groups in total. The van der Waals surface area contributed by atoms with Crippen molar-refractivity contribution in [2.45, 2.75) is 0 Å². The van der Waals surface area contributed by atoms with E-state index in [9.17, 15) is 9.90 Å². The highest BCUT2D eigenvalue weighted by molar-refractivity contribution is 6.31. The van der Waals surface area contributed by atoms with Crippen LogP contribution in [0.3, 0.4) is 0 Å². The van der Waals surface area contributed by atoms with Gasteiger partial charge in [0.2, 0.25) is 0 Å². The first-order valence-corrected chi connectivity index (χ1v) is 6.99. The van der Waals surface area contributed by atoms with Crippen LogP contribution in [0.4, 0.5) is 0 Å². The van der Waals surface area contributed by atoms with Crippen molar-refractivity contribution in [1.29, 1.82) is 0 Å². The van der Waals surface area contributed by atoms with Crippen LogP contribution in [0.5, 0.6) is 11.5 Å². The predicted molar refractivity (Wildman–Crippen MR) is 85.8 cm³/mol. The molecule has 1 amide bonds. The molecular weight excluding hydrogens is 327 g/mol. The van der Waals surface area contributed by atoms with E-state index in [4.69, 9.17) is 27.9 Å². The first-order chi connectivity index (χ1) is 10.5. The van der Waals surface area contributed by atoms with Gasteiger partial charge in [0.15, 0.2) is 6.61 Å². The minimum absolute atomic E-state index is 0.0116. The van der Waals surface area contributed by atoms with Crippen molar-refractivity contribution >= 4 is 35.3 Å². The summed E-state index contributed by atoms with van der Waals surface area (Å²) >= 11 is 11.6. The Morgan fingerprint density at radius 1 is 1.23 bits per heavy atom. The van der Waals surface area contributed by atoms with E-state index in [0.29, 0.717) is 21.4 Å². The fourth-order valence-corrected chi connectivity index (χ4v) is 1.90. The van der Waals surface area contributed by atoms with Gasteiger partial charge in [-0.2, -0.15) is 5.10 Å². The van der Waals surface area contributed by atoms with Crippen LogP contribution < -0.4 is 10.2 Å². The monoisotopic (exact) mass is 338 g/mol. The van der Waals surface area contributed by atoms with E-state index < -0.39 is 5.91 Å². The third-order valence-electron chi connectivity index (χ3n) is 2.55. The summed E-state index contributed by atoms with van der Waals surface area (Å²) in [4.78, 5) is 11.6. The molecule has 0 aliphatic heterocycles. The molecule has 0 atom stereocenters. The highest BCUT2D eigenvalue weighted by Crippen LogP contribution is 2.19. The number of hydrazone groups is 1. The normalized spacial score (nSPS) is 10.6. The van der Waals surface area contributed by atoms with Crippen LogP contribution in [-0.2, 0) is 4.79 Å². The van der Waals surface area contributed by atoms with E-state index in [-0.39, 0.29) is 12.4 Å². The second-order valence-corrected chi connectivity index (χ2v) is 5.12. The number of amides is 1. The van der Waals surface area contributed by atoms with Gasteiger partial charge in [-0.15, -0.1) is 0 Å². The van der Waals surface area contributed by atoms with E-state index in [1.54, 1.807) is 30.3 Å². The maximum absolute atomic E-state index is 11.6. The van der Waals surface area contributed by atoms with Gasteiger partial charge in [0, 0.05) is 15.6 Å². The van der Waals surface area contributed by atoms with E-state index in [1.165, 1.54) is 18.3 Å². The van der Waals surface area contributed by atoms with Crippen molar-refractivity contribution in [3.8, 4) is 11.5 Å². The van der Waals surface area contributed by atoms with Crippen LogP contribution in [0.15, 0.2) is 47.6 Å². The molecule has 0 aliphatic rings. The molecule has 7 heteroatoms. The number of phenols is 1. The van der Waals surface area contributed by atoms with Gasteiger partial charge in [-0.3, -0.25) is 4.79 Å². The molecule has 114 valence electrons. The number of rotatable bonds is 5. The molecule has 0 spiro atoms. The van der Waals surface area contributed by atoms with Crippen LogP contribution in [-0.4, -0.2) is 23.8 Å². The number of hydrogen-bond donors (Lipinski definition) is 2. The Balaban J connectivity index is 1.85. The second-order valence-electron chi connectivity index (χ2n) is 4.24. The fraction of sp³-hybridized carbons (Fsp3) is 0.0667. The van der Waals surface area contributed by atoms with Crippen LogP contribution in [0, 0.1) is 0 Å². The lowest BCUT2D eigenvalue weighted by Gasteiger charge is -2.05. The Bertz CT molecular complexity index is 705. The topological polar surface area (TPSA) is 70.9 Å². The zero-order valence-corrected chi connectivity index (χ0v) is 12.8. The zero-order chi connectivity index (χ0) is 15.9. The third kappa shape index (κ3) is 4.95. The Hall–Kier alpha value is -2.24. The van der Waals surface area contributed by atoms with Gasteiger partial charge >= 0.3 is 0 Å². The number of benzene rings is 2. The van der Waals surface area contributed by atoms with Gasteiger partial charge in [0.1, 0.15) is 11.5 Å². The first-order valence-electron chi connectivity index (χ1n) is 6.23. The number of nitrogens with zero attached hydrogens (tertiary/aromatic N) is 1. The van der Waals surface area contributed by atoms with Crippen molar-refractivity contribution in [3.05, 3.63) is 58.1 Å². The first kappa shape index (κ1) is 16.1. The summed E-state index contributed by atoms with van der Waals surface area (Å²) in [6, 6.07) is 11.2. The molecule has 2 rings (SSSR count).